The molecule has 2 aliphatic carbocycles. The van der Waals surface area contributed by atoms with Crippen LogP contribution in [-0.2, 0) is 52.2 Å². The molecule has 7 N–H and O–H groups in total. The number of aromatic nitrogens is 3. The quantitative estimate of drug-likeness (QED) is 0.0237. The molecule has 28 heteroatoms. The minimum Gasteiger partial charge on any atom is -0.493 e. The van der Waals surface area contributed by atoms with Crippen LogP contribution in [0.25, 0.3) is 22.5 Å². The zero-order chi connectivity index (χ0) is 76.5. The maximum absolute atomic E-state index is 14.5. The molecule has 7 aliphatic rings. The van der Waals surface area contributed by atoms with Crippen LogP contribution in [-0.4, -0.2) is 174 Å². The van der Waals surface area contributed by atoms with Gasteiger partial charge < -0.3 is 75.4 Å². The minimum atomic E-state index is -1.47. The van der Waals surface area contributed by atoms with Crippen LogP contribution in [0.15, 0.2) is 97.1 Å². The molecule has 6 aromatic rings. The molecule has 572 valence electrons. The van der Waals surface area contributed by atoms with E-state index in [9.17, 15) is 48.3 Å². The molecule has 5 aromatic carbocycles. The molecule has 5 aliphatic heterocycles. The number of anilines is 4. The average molecular weight is 1480 g/mol. The van der Waals surface area contributed by atoms with E-state index in [-0.39, 0.29) is 90.4 Å². The highest BCUT2D eigenvalue weighted by Crippen LogP contribution is 2.58. The maximum atomic E-state index is 14.5. The molecule has 0 radical (unpaired) electrons. The molecule has 108 heavy (non-hydrogen) atoms. The van der Waals surface area contributed by atoms with E-state index in [1.807, 2.05) is 64.2 Å². The first-order chi connectivity index (χ1) is 51.8. The highest BCUT2D eigenvalue weighted by atomic mass is 16.6. The van der Waals surface area contributed by atoms with Gasteiger partial charge in [0.15, 0.2) is 29.2 Å². The monoisotopic (exact) mass is 1480 g/mol. The van der Waals surface area contributed by atoms with Crippen molar-refractivity contribution in [1.82, 2.24) is 46.1 Å². The average Bonchev–Trinajstić information content (AvgIpc) is 1.56. The summed E-state index contributed by atoms with van der Waals surface area (Å²) in [4.78, 5) is 130. The Morgan fingerprint density at radius 3 is 1.98 bits per heavy atom. The molecule has 13 rings (SSSR count). The van der Waals surface area contributed by atoms with Crippen molar-refractivity contribution in [2.45, 2.75) is 168 Å². The Hall–Kier alpha value is -10.8. The van der Waals surface area contributed by atoms with Crippen LogP contribution in [0.5, 0.6) is 23.0 Å². The summed E-state index contributed by atoms with van der Waals surface area (Å²) in [5.41, 5.74) is 6.75. The number of fused-ring (bicyclic) bond motifs is 9. The van der Waals surface area contributed by atoms with E-state index in [2.05, 4.69) is 69.9 Å². The lowest BCUT2D eigenvalue weighted by Gasteiger charge is -2.33. The second kappa shape index (κ2) is 31.2. The van der Waals surface area contributed by atoms with E-state index in [1.165, 1.54) is 32.9 Å². The molecule has 28 nitrogen and oxygen atoms in total. The number of carbonyl (C=O) groups excluding carboxylic acids is 9. The van der Waals surface area contributed by atoms with Crippen LogP contribution in [0.3, 0.4) is 0 Å². The Labute approximate surface area is 627 Å². The van der Waals surface area contributed by atoms with Gasteiger partial charge in [0.05, 0.1) is 92.5 Å². The zero-order valence-electron chi connectivity index (χ0n) is 62.7. The van der Waals surface area contributed by atoms with E-state index in [4.69, 9.17) is 23.7 Å². The number of nitrogens with one attached hydrogen (secondary N) is 6. The first-order valence-electron chi connectivity index (χ1n) is 37.5. The predicted molar refractivity (Wildman–Crippen MR) is 401 cm³/mol. The van der Waals surface area contributed by atoms with Gasteiger partial charge in [-0.3, -0.25) is 38.4 Å². The molecule has 2 saturated carbocycles. The van der Waals surface area contributed by atoms with Crippen LogP contribution in [0.4, 0.5) is 27.5 Å². The number of hydrogen-bond donors (Lipinski definition) is 7. The minimum absolute atomic E-state index is 0.0182. The fourth-order valence-corrected chi connectivity index (χ4v) is 15.2. The van der Waals surface area contributed by atoms with E-state index in [1.54, 1.807) is 67.2 Å². The third-order valence-electron chi connectivity index (χ3n) is 22.6. The fourth-order valence-electron chi connectivity index (χ4n) is 15.2. The molecule has 9 amide bonds. The Kier molecular flexibility index (Phi) is 21.8. The van der Waals surface area contributed by atoms with E-state index in [0.29, 0.717) is 90.5 Å². The van der Waals surface area contributed by atoms with Crippen molar-refractivity contribution in [2.24, 2.45) is 22.7 Å². The smallest absolute Gasteiger partial charge is 0.416 e. The first-order valence-corrected chi connectivity index (χ1v) is 37.5. The fraction of sp³-hybridized carbons (Fsp3) is 0.487. The summed E-state index contributed by atoms with van der Waals surface area (Å²) in [5.74, 6) is -2.54. The van der Waals surface area contributed by atoms with Crippen LogP contribution < -0.4 is 60.6 Å². The van der Waals surface area contributed by atoms with Crippen LogP contribution in [0.1, 0.15) is 151 Å². The Balaban J connectivity index is 0.557. The van der Waals surface area contributed by atoms with Gasteiger partial charge in [0.2, 0.25) is 35.4 Å². The summed E-state index contributed by atoms with van der Waals surface area (Å²) in [6.45, 7) is 14.8. The molecule has 6 heterocycles. The van der Waals surface area contributed by atoms with Crippen molar-refractivity contribution in [3.8, 4) is 45.5 Å². The number of unbranched alkanes of at least 4 members (excludes halogenated alkanes) is 2. The number of nitrogens with zero attached hydrogens (tertiary/aromatic N) is 7. The predicted octanol–water partition coefficient (Wildman–Crippen LogP) is 8.68. The number of carbonyl (C=O) groups is 9. The lowest BCUT2D eigenvalue weighted by atomic mass is 9.89. The van der Waals surface area contributed by atoms with Crippen LogP contribution in [0, 0.1) is 22.7 Å². The number of benzene rings is 5. The normalized spacial score (nSPS) is 18.7. The van der Waals surface area contributed by atoms with Crippen LogP contribution >= 0.6 is 0 Å². The van der Waals surface area contributed by atoms with E-state index < -0.39 is 84.5 Å². The van der Waals surface area contributed by atoms with Gasteiger partial charge in [0, 0.05) is 67.5 Å². The number of ether oxygens (including phenoxy) is 5. The molecular weight excluding hydrogens is 1380 g/mol. The topological polar surface area (TPSA) is 336 Å². The van der Waals surface area contributed by atoms with Crippen molar-refractivity contribution in [3.05, 3.63) is 119 Å². The second-order valence-corrected chi connectivity index (χ2v) is 31.0. The summed E-state index contributed by atoms with van der Waals surface area (Å²) >= 11 is 0. The molecular formula is C80H97N13O15. The van der Waals surface area contributed by atoms with Gasteiger partial charge in [-0.25, -0.2) is 14.4 Å². The van der Waals surface area contributed by atoms with Crippen LogP contribution in [0.2, 0.25) is 0 Å². The molecule has 0 unspecified atom stereocenters. The third kappa shape index (κ3) is 15.8. The lowest BCUT2D eigenvalue weighted by Crippen LogP contribution is -2.55. The van der Waals surface area contributed by atoms with Gasteiger partial charge in [0.25, 0.3) is 11.8 Å². The number of rotatable bonds is 27. The van der Waals surface area contributed by atoms with Crippen molar-refractivity contribution in [3.63, 3.8) is 0 Å². The number of aliphatic hydroxyl groups is 1. The second-order valence-electron chi connectivity index (χ2n) is 31.0. The van der Waals surface area contributed by atoms with Gasteiger partial charge in [-0.1, -0.05) is 87.5 Å². The molecule has 5 atom stereocenters. The van der Waals surface area contributed by atoms with Crippen molar-refractivity contribution in [2.75, 3.05) is 80.6 Å². The summed E-state index contributed by atoms with van der Waals surface area (Å²) in [5, 5.41) is 38.0. The standard InChI is InChI=1S/C80H97N13O15/c1-46(2)69(86-67(96)41-83-66(95)40-82-65(94)25-26-68(97)89-42-50-17-11-12-18-53(50)70-71(54-19-13-14-20-58(54)89)93(88-87-70)78(6,7)47(3)4)73(99)84-48(5)72(98)85-51-23-21-49(22-24-51)43-108-77(103)92-59-36-64(62(105-9)34-56(59)75(101)91-45-80(29-30-80)38-60(91)76(92)102)107-32-16-10-15-31-106-63-35-57-55(33-61(63)104-8)74(100)90-44-79(27-28-79)37-52(90)39-81-57/h11-14,17-24,33-36,46-48,52,60,69,76,81,102H,10,15-16,25-32,37-45H2,1-9H3,(H,82,94)(H,83,95)(H,84,99)(H,85,98)(H,86,96)/t48-,52-,60-,69-,76-/m0/s1. The largest absolute Gasteiger partial charge is 0.493 e. The van der Waals surface area contributed by atoms with Crippen molar-refractivity contribution < 1.29 is 71.9 Å². The van der Waals surface area contributed by atoms with Gasteiger partial charge in [-0.15, -0.1) is 5.10 Å². The summed E-state index contributed by atoms with van der Waals surface area (Å²) in [6, 6.07) is 25.7. The molecule has 2 saturated heterocycles. The number of para-hydroxylation sites is 1. The van der Waals surface area contributed by atoms with E-state index in [0.717, 1.165) is 58.8 Å². The first kappa shape index (κ1) is 75.5. The molecule has 0 bridgehead atoms. The van der Waals surface area contributed by atoms with Gasteiger partial charge in [0.1, 0.15) is 24.4 Å². The maximum Gasteiger partial charge on any atom is 0.416 e. The Morgan fingerprint density at radius 2 is 1.30 bits per heavy atom. The summed E-state index contributed by atoms with van der Waals surface area (Å²) < 4.78 is 31.8. The summed E-state index contributed by atoms with van der Waals surface area (Å²) in [6.07, 6.45) is 4.90. The molecule has 2 spiro atoms. The number of methoxy groups -OCH3 is 2. The highest BCUT2D eigenvalue weighted by molar-refractivity contribution is 6.07. The number of aliphatic hydroxyl groups excluding tert-OH is 1. The highest BCUT2D eigenvalue weighted by Gasteiger charge is 2.58. The Bertz CT molecular complexity index is 4470. The SMILES string of the molecule is COc1cc2c(cc1OCCCCCOc1cc3c(cc1OC)C(=O)N1CC4(CC4)C[C@H]1[C@H](O)N3C(=O)OCc1ccc(NC(=O)[C@H](C)NC(=O)[C@@H](NC(=O)CNC(=O)CNC(=O)CCC(=O)N3Cc4ccccc4-c4nnn(C(C)(C)C(C)C)c4-c4ccccc43)C(C)C)cc1)NC[C@@H]1CC3(CC3)CN1C2=O. The number of hydrogen-bond acceptors (Lipinski definition) is 18. The molecule has 4 fully saturated rings. The summed E-state index contributed by atoms with van der Waals surface area (Å²) in [7, 11) is 3.03. The van der Waals surface area contributed by atoms with Gasteiger partial charge >= 0.3 is 6.09 Å². The van der Waals surface area contributed by atoms with Crippen molar-refractivity contribution in [1.29, 1.82) is 0 Å². The number of amides is 9. The van der Waals surface area contributed by atoms with Gasteiger partial charge in [-0.05, 0) is 143 Å². The zero-order valence-corrected chi connectivity index (χ0v) is 62.7. The van der Waals surface area contributed by atoms with E-state index >= 15 is 0 Å². The van der Waals surface area contributed by atoms with Crippen molar-refractivity contribution >= 4 is 76.1 Å². The molecule has 1 aromatic heterocycles. The van der Waals surface area contributed by atoms with Gasteiger partial charge in [-0.2, -0.15) is 0 Å². The Morgan fingerprint density at radius 1 is 0.667 bits per heavy atom. The lowest BCUT2D eigenvalue weighted by molar-refractivity contribution is -0.132. The third-order valence-corrected chi connectivity index (χ3v) is 22.6.